The average molecular weight is 282 g/mol. The van der Waals surface area contributed by atoms with Gasteiger partial charge in [-0.05, 0) is 42.5 Å². The first-order valence-corrected chi connectivity index (χ1v) is 7.74. The molecule has 0 saturated heterocycles. The summed E-state index contributed by atoms with van der Waals surface area (Å²) in [5, 5.41) is 3.41. The summed E-state index contributed by atoms with van der Waals surface area (Å²) in [6.45, 7) is 8.43. The Morgan fingerprint density at radius 3 is 2.90 bits per heavy atom. The lowest BCUT2D eigenvalue weighted by Gasteiger charge is -2.22. The lowest BCUT2D eigenvalue weighted by atomic mass is 9.96. The van der Waals surface area contributed by atoms with Gasteiger partial charge in [-0.2, -0.15) is 0 Å². The van der Waals surface area contributed by atoms with E-state index in [0.29, 0.717) is 5.92 Å². The van der Waals surface area contributed by atoms with Crippen molar-refractivity contribution in [2.45, 2.75) is 46.1 Å². The second-order valence-corrected chi connectivity index (χ2v) is 5.83. The van der Waals surface area contributed by atoms with Crippen LogP contribution in [0.5, 0.6) is 0 Å². The zero-order chi connectivity index (χ0) is 14.8. The van der Waals surface area contributed by atoms with Crippen molar-refractivity contribution in [1.82, 2.24) is 20.3 Å². The van der Waals surface area contributed by atoms with E-state index in [2.05, 4.69) is 31.1 Å². The second-order valence-electron chi connectivity index (χ2n) is 5.83. The van der Waals surface area contributed by atoms with E-state index in [1.54, 1.807) is 0 Å². The van der Waals surface area contributed by atoms with Gasteiger partial charge in [0, 0.05) is 24.5 Å². The Labute approximate surface area is 126 Å². The number of aromatic nitrogens is 3. The number of fused-ring (bicyclic) bond motifs is 1. The molecule has 0 atom stereocenters. The number of nitrogens with zero attached hydrogens (tertiary/aromatic N) is 3. The highest BCUT2D eigenvalue weighted by Gasteiger charge is 2.20. The van der Waals surface area contributed by atoms with Crippen molar-refractivity contribution >= 4 is 0 Å². The largest absolute Gasteiger partial charge is 0.311 e. The van der Waals surface area contributed by atoms with E-state index in [9.17, 15) is 0 Å². The van der Waals surface area contributed by atoms with E-state index in [-0.39, 0.29) is 0 Å². The van der Waals surface area contributed by atoms with Crippen LogP contribution >= 0.6 is 0 Å². The third kappa shape index (κ3) is 2.68. The summed E-state index contributed by atoms with van der Waals surface area (Å²) < 4.78 is 0. The van der Waals surface area contributed by atoms with Crippen LogP contribution in [0.2, 0.25) is 0 Å². The molecule has 0 radical (unpaired) electrons. The van der Waals surface area contributed by atoms with Crippen LogP contribution in [0.25, 0.3) is 11.4 Å². The van der Waals surface area contributed by atoms with Crippen molar-refractivity contribution in [1.29, 1.82) is 0 Å². The molecule has 0 aromatic carbocycles. The van der Waals surface area contributed by atoms with Crippen molar-refractivity contribution in [3.05, 3.63) is 41.0 Å². The van der Waals surface area contributed by atoms with Crippen LogP contribution in [0.1, 0.15) is 49.2 Å². The monoisotopic (exact) mass is 282 g/mol. The standard InChI is InChI=1S/C17H22N4/c1-4-12-9-18-7-5-13(12)17-20-15-10-19-8-6-14(15)16(21-17)11(2)3/h5,7,9,11,19H,4,6,8,10H2,1-3H3. The quantitative estimate of drug-likeness (QED) is 0.940. The Morgan fingerprint density at radius 1 is 1.29 bits per heavy atom. The van der Waals surface area contributed by atoms with Crippen LogP contribution in [0, 0.1) is 0 Å². The molecule has 1 N–H and O–H groups in total. The van der Waals surface area contributed by atoms with Gasteiger partial charge in [-0.1, -0.05) is 20.8 Å². The average Bonchev–Trinajstić information content (AvgIpc) is 2.53. The van der Waals surface area contributed by atoms with E-state index >= 15 is 0 Å². The molecule has 0 fully saturated rings. The minimum absolute atomic E-state index is 0.422. The first-order valence-electron chi connectivity index (χ1n) is 7.74. The number of hydrogen-bond donors (Lipinski definition) is 1. The SMILES string of the molecule is CCc1cnccc1-c1nc2c(c(C(C)C)n1)CCNC2. The fraction of sp³-hybridized carbons (Fsp3) is 0.471. The Kier molecular flexibility index (Phi) is 3.97. The van der Waals surface area contributed by atoms with Crippen LogP contribution in [-0.4, -0.2) is 21.5 Å². The van der Waals surface area contributed by atoms with E-state index in [0.717, 1.165) is 43.0 Å². The third-order valence-corrected chi connectivity index (χ3v) is 4.04. The maximum Gasteiger partial charge on any atom is 0.160 e. The molecule has 3 heterocycles. The molecule has 0 saturated carbocycles. The van der Waals surface area contributed by atoms with E-state index in [1.807, 2.05) is 18.5 Å². The van der Waals surface area contributed by atoms with Gasteiger partial charge in [-0.15, -0.1) is 0 Å². The normalized spacial score (nSPS) is 14.3. The fourth-order valence-corrected chi connectivity index (χ4v) is 2.91. The molecular weight excluding hydrogens is 260 g/mol. The predicted octanol–water partition coefficient (Wildman–Crippen LogP) is 2.87. The molecule has 4 heteroatoms. The maximum atomic E-state index is 4.90. The molecule has 0 unspecified atom stereocenters. The molecule has 2 aromatic heterocycles. The van der Waals surface area contributed by atoms with Crippen molar-refractivity contribution in [2.24, 2.45) is 0 Å². The first kappa shape index (κ1) is 14.1. The molecule has 21 heavy (non-hydrogen) atoms. The molecule has 1 aliphatic heterocycles. The van der Waals surface area contributed by atoms with Crippen LogP contribution < -0.4 is 5.32 Å². The van der Waals surface area contributed by atoms with Gasteiger partial charge in [0.1, 0.15) is 0 Å². The summed E-state index contributed by atoms with van der Waals surface area (Å²) in [5.41, 5.74) is 6.03. The minimum atomic E-state index is 0.422. The van der Waals surface area contributed by atoms with Crippen LogP contribution in [-0.2, 0) is 19.4 Å². The van der Waals surface area contributed by atoms with E-state index < -0.39 is 0 Å². The van der Waals surface area contributed by atoms with Crippen molar-refractivity contribution in [2.75, 3.05) is 6.54 Å². The third-order valence-electron chi connectivity index (χ3n) is 4.04. The molecule has 0 bridgehead atoms. The number of aryl methyl sites for hydroxylation is 1. The Hall–Kier alpha value is -1.81. The van der Waals surface area contributed by atoms with Gasteiger partial charge >= 0.3 is 0 Å². The Bertz CT molecular complexity index is 649. The summed E-state index contributed by atoms with van der Waals surface area (Å²) in [7, 11) is 0. The van der Waals surface area contributed by atoms with Gasteiger partial charge in [0.15, 0.2) is 5.82 Å². The molecule has 0 spiro atoms. The topological polar surface area (TPSA) is 50.7 Å². The molecule has 0 amide bonds. The fourth-order valence-electron chi connectivity index (χ4n) is 2.91. The van der Waals surface area contributed by atoms with Gasteiger partial charge < -0.3 is 5.32 Å². The molecule has 110 valence electrons. The van der Waals surface area contributed by atoms with Gasteiger partial charge in [0.25, 0.3) is 0 Å². The number of pyridine rings is 1. The Morgan fingerprint density at radius 2 is 2.14 bits per heavy atom. The van der Waals surface area contributed by atoms with Gasteiger partial charge in [0.05, 0.1) is 11.4 Å². The molecule has 2 aromatic rings. The zero-order valence-electron chi connectivity index (χ0n) is 13.0. The first-order chi connectivity index (χ1) is 10.2. The van der Waals surface area contributed by atoms with Crippen molar-refractivity contribution in [3.63, 3.8) is 0 Å². The summed E-state index contributed by atoms with van der Waals surface area (Å²) >= 11 is 0. The highest BCUT2D eigenvalue weighted by Crippen LogP contribution is 2.27. The van der Waals surface area contributed by atoms with Crippen molar-refractivity contribution < 1.29 is 0 Å². The van der Waals surface area contributed by atoms with Crippen LogP contribution in [0.3, 0.4) is 0 Å². The van der Waals surface area contributed by atoms with Gasteiger partial charge in [0.2, 0.25) is 0 Å². The van der Waals surface area contributed by atoms with Gasteiger partial charge in [-0.3, -0.25) is 4.98 Å². The number of hydrogen-bond acceptors (Lipinski definition) is 4. The molecule has 4 nitrogen and oxygen atoms in total. The van der Waals surface area contributed by atoms with E-state index in [1.165, 1.54) is 16.8 Å². The zero-order valence-corrected chi connectivity index (χ0v) is 13.0. The van der Waals surface area contributed by atoms with E-state index in [4.69, 9.17) is 9.97 Å². The van der Waals surface area contributed by atoms with Crippen LogP contribution in [0.4, 0.5) is 0 Å². The number of rotatable bonds is 3. The molecule has 3 rings (SSSR count). The lowest BCUT2D eigenvalue weighted by molar-refractivity contribution is 0.609. The smallest absolute Gasteiger partial charge is 0.160 e. The predicted molar refractivity (Wildman–Crippen MR) is 84.1 cm³/mol. The maximum absolute atomic E-state index is 4.90. The van der Waals surface area contributed by atoms with Crippen molar-refractivity contribution in [3.8, 4) is 11.4 Å². The number of nitrogens with one attached hydrogen (secondary N) is 1. The summed E-state index contributed by atoms with van der Waals surface area (Å²) in [6.07, 6.45) is 5.72. The summed E-state index contributed by atoms with van der Waals surface area (Å²) in [5.74, 6) is 1.27. The van der Waals surface area contributed by atoms with Gasteiger partial charge in [-0.25, -0.2) is 9.97 Å². The van der Waals surface area contributed by atoms with Crippen LogP contribution in [0.15, 0.2) is 18.5 Å². The molecule has 0 aliphatic carbocycles. The highest BCUT2D eigenvalue weighted by atomic mass is 15.0. The minimum Gasteiger partial charge on any atom is -0.311 e. The molecular formula is C17H22N4. The lowest BCUT2D eigenvalue weighted by Crippen LogP contribution is -2.27. The summed E-state index contributed by atoms with van der Waals surface area (Å²) in [6, 6.07) is 2.03. The molecule has 1 aliphatic rings. The Balaban J connectivity index is 2.17. The summed E-state index contributed by atoms with van der Waals surface area (Å²) in [4.78, 5) is 14.0. The second kappa shape index (κ2) is 5.90. The highest BCUT2D eigenvalue weighted by molar-refractivity contribution is 5.60.